The van der Waals surface area contributed by atoms with Gasteiger partial charge in [0.25, 0.3) is 5.56 Å². The summed E-state index contributed by atoms with van der Waals surface area (Å²) >= 11 is 2.56. The van der Waals surface area contributed by atoms with Gasteiger partial charge in [-0.05, 0) is 11.8 Å². The van der Waals surface area contributed by atoms with E-state index in [1.165, 1.54) is 32.6 Å². The van der Waals surface area contributed by atoms with Crippen molar-refractivity contribution in [1.29, 1.82) is 0 Å². The van der Waals surface area contributed by atoms with Crippen LogP contribution in [-0.4, -0.2) is 58.2 Å². The lowest BCUT2D eigenvalue weighted by molar-refractivity contribution is -0.116. The lowest BCUT2D eigenvalue weighted by Gasteiger charge is -2.26. The Balaban J connectivity index is 2.24. The maximum atomic E-state index is 13.1. The van der Waals surface area contributed by atoms with Gasteiger partial charge in [0.2, 0.25) is 11.0 Å². The first kappa shape index (κ1) is 25.9. The maximum absolute atomic E-state index is 13.1. The number of methoxy groups -OCH3 is 1. The summed E-state index contributed by atoms with van der Waals surface area (Å²) in [5, 5.41) is 11.8. The van der Waals surface area contributed by atoms with Crippen LogP contribution in [0.15, 0.2) is 13.9 Å². The number of rotatable bonds is 12. The van der Waals surface area contributed by atoms with Crippen molar-refractivity contribution in [3.8, 4) is 0 Å². The van der Waals surface area contributed by atoms with Gasteiger partial charge in [-0.15, -0.1) is 10.2 Å². The van der Waals surface area contributed by atoms with Crippen molar-refractivity contribution < 1.29 is 9.53 Å². The molecule has 32 heavy (non-hydrogen) atoms. The lowest BCUT2D eigenvalue weighted by atomic mass is 10.2. The molecule has 2 aromatic rings. The largest absolute Gasteiger partial charge is 0.383 e. The van der Waals surface area contributed by atoms with Crippen LogP contribution in [0.4, 0.5) is 16.6 Å². The maximum Gasteiger partial charge on any atom is 0.330 e. The molecule has 0 aliphatic rings. The average molecular weight is 486 g/mol. The van der Waals surface area contributed by atoms with Crippen LogP contribution in [0.25, 0.3) is 0 Å². The molecule has 13 heteroatoms. The van der Waals surface area contributed by atoms with Gasteiger partial charge < -0.3 is 20.7 Å². The summed E-state index contributed by atoms with van der Waals surface area (Å²) in [5.74, 6) is -0.0672. The third-order valence-corrected chi connectivity index (χ3v) is 6.19. The van der Waals surface area contributed by atoms with E-state index in [-0.39, 0.29) is 41.5 Å². The van der Waals surface area contributed by atoms with Crippen LogP contribution in [0, 0.1) is 11.8 Å². The molecule has 0 aliphatic carbocycles. The fourth-order valence-electron chi connectivity index (χ4n) is 2.87. The molecule has 0 saturated carbocycles. The third-order valence-electron chi connectivity index (χ3n) is 4.19. The molecule has 178 valence electrons. The number of ether oxygens (including phenoxy) is 1. The number of anilines is 3. The topological polar surface area (TPSA) is 148 Å². The number of nitrogens with two attached hydrogens (primary N) is 1. The molecule has 0 radical (unpaired) electrons. The summed E-state index contributed by atoms with van der Waals surface area (Å²) in [5.41, 5.74) is 4.96. The molecule has 0 bridgehead atoms. The number of aromatic nitrogens is 4. The van der Waals surface area contributed by atoms with E-state index in [1.807, 2.05) is 27.7 Å². The molecule has 4 N–H and O–H groups in total. The summed E-state index contributed by atoms with van der Waals surface area (Å²) in [4.78, 5) is 41.7. The molecule has 0 atom stereocenters. The Hall–Kier alpha value is -2.38. The van der Waals surface area contributed by atoms with Gasteiger partial charge in [-0.25, -0.2) is 4.79 Å². The van der Waals surface area contributed by atoms with E-state index in [0.717, 1.165) is 0 Å². The fourth-order valence-corrected chi connectivity index (χ4v) is 4.52. The molecule has 0 spiro atoms. The molecule has 0 unspecified atom stereocenters. The van der Waals surface area contributed by atoms with Crippen LogP contribution in [0.5, 0.6) is 0 Å². The van der Waals surface area contributed by atoms with Crippen LogP contribution in [0.3, 0.4) is 0 Å². The van der Waals surface area contributed by atoms with Crippen molar-refractivity contribution in [3.63, 3.8) is 0 Å². The first-order chi connectivity index (χ1) is 15.1. The van der Waals surface area contributed by atoms with Gasteiger partial charge in [0.15, 0.2) is 10.0 Å². The normalized spacial score (nSPS) is 11.3. The quantitative estimate of drug-likeness (QED) is 0.300. The second-order valence-electron chi connectivity index (χ2n) is 7.98. The van der Waals surface area contributed by atoms with E-state index in [9.17, 15) is 14.4 Å². The summed E-state index contributed by atoms with van der Waals surface area (Å²) in [6, 6.07) is 0. The number of H-pyrrole nitrogens is 1. The Kier molecular flexibility index (Phi) is 9.72. The molecule has 0 fully saturated rings. The van der Waals surface area contributed by atoms with E-state index in [4.69, 9.17) is 10.5 Å². The molecule has 1 amide bonds. The van der Waals surface area contributed by atoms with Gasteiger partial charge in [-0.3, -0.25) is 19.1 Å². The number of nitrogens with one attached hydrogen (secondary N) is 2. The summed E-state index contributed by atoms with van der Waals surface area (Å²) in [6.45, 7) is 9.50. The number of hydrogen-bond donors (Lipinski definition) is 3. The third kappa shape index (κ3) is 7.07. The van der Waals surface area contributed by atoms with Gasteiger partial charge >= 0.3 is 5.69 Å². The van der Waals surface area contributed by atoms with Gasteiger partial charge in [0.05, 0.1) is 12.4 Å². The molecule has 0 aliphatic heterocycles. The average Bonchev–Trinajstić information content (AvgIpc) is 3.16. The Morgan fingerprint density at radius 1 is 1.28 bits per heavy atom. The highest BCUT2D eigenvalue weighted by Gasteiger charge is 2.25. The molecular weight excluding hydrogens is 454 g/mol. The smallest absolute Gasteiger partial charge is 0.330 e. The van der Waals surface area contributed by atoms with Gasteiger partial charge in [0, 0.05) is 26.7 Å². The number of nitrogen functional groups attached to an aromatic ring is 1. The second kappa shape index (κ2) is 12.0. The van der Waals surface area contributed by atoms with Crippen LogP contribution in [0.2, 0.25) is 0 Å². The van der Waals surface area contributed by atoms with Crippen molar-refractivity contribution >= 4 is 45.6 Å². The molecular formula is C19H31N7O4S2. The molecule has 0 aromatic carbocycles. The van der Waals surface area contributed by atoms with Gasteiger partial charge in [0.1, 0.15) is 5.82 Å². The zero-order valence-electron chi connectivity index (χ0n) is 19.0. The number of thioether (sulfide) groups is 1. The molecule has 0 saturated heterocycles. The number of carbonyl (C=O) groups is 1. The van der Waals surface area contributed by atoms with E-state index in [0.29, 0.717) is 29.2 Å². The standard InChI is InChI=1S/C19H31N7O4S2/c1-11(2)8-25(14-15(20)26(9-12(3)4)18(29)22-16(14)28)13(27)10-31-19-24-23-17(32-19)21-6-7-30-5/h11-12H,6-10,20H2,1-5H3,(H,21,23)(H,22,28,29). The summed E-state index contributed by atoms with van der Waals surface area (Å²) < 4.78 is 6.91. The predicted molar refractivity (Wildman–Crippen MR) is 129 cm³/mol. The molecule has 2 rings (SSSR count). The van der Waals surface area contributed by atoms with Crippen molar-refractivity contribution in [3.05, 3.63) is 20.8 Å². The minimum Gasteiger partial charge on any atom is -0.383 e. The highest BCUT2D eigenvalue weighted by molar-refractivity contribution is 8.01. The van der Waals surface area contributed by atoms with Gasteiger partial charge in [-0.2, -0.15) is 0 Å². The lowest BCUT2D eigenvalue weighted by Crippen LogP contribution is -2.43. The van der Waals surface area contributed by atoms with Crippen LogP contribution in [-0.2, 0) is 16.1 Å². The van der Waals surface area contributed by atoms with Crippen molar-refractivity contribution in [2.45, 2.75) is 38.6 Å². The van der Waals surface area contributed by atoms with Gasteiger partial charge in [-0.1, -0.05) is 50.8 Å². The first-order valence-electron chi connectivity index (χ1n) is 10.3. The molecule has 2 aromatic heterocycles. The number of amides is 1. The Labute approximate surface area is 194 Å². The van der Waals surface area contributed by atoms with E-state index in [1.54, 1.807) is 7.11 Å². The summed E-state index contributed by atoms with van der Waals surface area (Å²) in [6.07, 6.45) is 0. The van der Waals surface area contributed by atoms with Crippen LogP contribution < -0.4 is 27.2 Å². The number of aromatic amines is 1. The summed E-state index contributed by atoms with van der Waals surface area (Å²) in [7, 11) is 1.62. The van der Waals surface area contributed by atoms with Crippen LogP contribution >= 0.6 is 23.1 Å². The SMILES string of the molecule is COCCNc1nnc(SCC(=O)N(CC(C)C)c2c(N)n(CC(C)C)c(=O)[nH]c2=O)s1. The van der Waals surface area contributed by atoms with E-state index < -0.39 is 11.2 Å². The van der Waals surface area contributed by atoms with Crippen molar-refractivity contribution in [1.82, 2.24) is 19.7 Å². The number of nitrogens with zero attached hydrogens (tertiary/aromatic N) is 4. The monoisotopic (exact) mass is 485 g/mol. The first-order valence-corrected chi connectivity index (χ1v) is 12.1. The van der Waals surface area contributed by atoms with Crippen molar-refractivity contribution in [2.75, 3.05) is 48.5 Å². The number of hydrogen-bond acceptors (Lipinski definition) is 10. The zero-order chi connectivity index (χ0) is 23.8. The predicted octanol–water partition coefficient (Wildman–Crippen LogP) is 1.47. The Bertz CT molecular complexity index is 1020. The number of carbonyl (C=O) groups excluding carboxylic acids is 1. The second-order valence-corrected chi connectivity index (χ2v) is 10.2. The van der Waals surface area contributed by atoms with E-state index in [2.05, 4.69) is 20.5 Å². The highest BCUT2D eigenvalue weighted by atomic mass is 32.2. The Morgan fingerprint density at radius 2 is 2.00 bits per heavy atom. The Morgan fingerprint density at radius 3 is 2.62 bits per heavy atom. The minimum atomic E-state index is -0.674. The molecule has 2 heterocycles. The minimum absolute atomic E-state index is 0.00346. The van der Waals surface area contributed by atoms with E-state index >= 15 is 0 Å². The highest BCUT2D eigenvalue weighted by Crippen LogP contribution is 2.27. The van der Waals surface area contributed by atoms with Crippen LogP contribution in [0.1, 0.15) is 27.7 Å². The molecule has 11 nitrogen and oxygen atoms in total. The zero-order valence-corrected chi connectivity index (χ0v) is 20.6. The fraction of sp³-hybridized carbons (Fsp3) is 0.632. The van der Waals surface area contributed by atoms with Crippen molar-refractivity contribution in [2.24, 2.45) is 11.8 Å².